The van der Waals surface area contributed by atoms with Gasteiger partial charge in [0.2, 0.25) is 0 Å². The van der Waals surface area contributed by atoms with E-state index in [-0.39, 0.29) is 5.56 Å². The number of alkyl halides is 3. The number of nitrogens with one attached hydrogen (secondary N) is 1. The molecule has 0 aliphatic carbocycles. The lowest BCUT2D eigenvalue weighted by Gasteiger charge is -2.05. The van der Waals surface area contributed by atoms with Gasteiger partial charge in [-0.05, 0) is 26.8 Å². The van der Waals surface area contributed by atoms with Gasteiger partial charge in [-0.1, -0.05) is 29.0 Å². The van der Waals surface area contributed by atoms with Crippen molar-refractivity contribution in [2.24, 2.45) is 0 Å². The van der Waals surface area contributed by atoms with Crippen molar-refractivity contribution in [1.82, 2.24) is 25.0 Å². The molecule has 0 saturated carbocycles. The second-order valence-corrected chi connectivity index (χ2v) is 5.54. The molecule has 0 bridgehead atoms. The number of aromatic nitrogens is 5. The smallest absolute Gasteiger partial charge is 0.311 e. The van der Waals surface area contributed by atoms with Gasteiger partial charge in [0.1, 0.15) is 11.5 Å². The quantitative estimate of drug-likeness (QED) is 0.755. The van der Waals surface area contributed by atoms with E-state index in [0.29, 0.717) is 22.8 Å². The molecule has 0 unspecified atom stereocenters. The summed E-state index contributed by atoms with van der Waals surface area (Å²) in [5.74, 6) is 0.573. The fourth-order valence-corrected chi connectivity index (χ4v) is 2.10. The van der Waals surface area contributed by atoms with Crippen molar-refractivity contribution >= 4 is 0 Å². The molecule has 1 aromatic carbocycles. The van der Waals surface area contributed by atoms with Crippen LogP contribution in [0.25, 0.3) is 11.4 Å². The van der Waals surface area contributed by atoms with Gasteiger partial charge >= 0.3 is 6.18 Å². The summed E-state index contributed by atoms with van der Waals surface area (Å²) in [4.78, 5) is 18.0. The van der Waals surface area contributed by atoms with E-state index in [2.05, 4.69) is 20.3 Å². The Morgan fingerprint density at radius 3 is 2.38 bits per heavy atom. The Morgan fingerprint density at radius 2 is 1.88 bits per heavy atom. The normalized spacial score (nSPS) is 11.0. The predicted molar refractivity (Wildman–Crippen MR) is 90.5 cm³/mol. The first-order valence-electron chi connectivity index (χ1n) is 7.81. The molecule has 0 aliphatic heterocycles. The molecule has 0 radical (unpaired) electrons. The lowest BCUT2D eigenvalue weighted by molar-refractivity contribution is -0.137. The maximum atomic E-state index is 12.0. The zero-order chi connectivity index (χ0) is 19.3. The summed E-state index contributed by atoms with van der Waals surface area (Å²) in [6.45, 7) is 6.08. The number of H-pyrrole nitrogens is 1. The van der Waals surface area contributed by atoms with Crippen LogP contribution in [0.1, 0.15) is 23.9 Å². The number of hydrogen-bond donors (Lipinski definition) is 1. The molecule has 0 amide bonds. The number of aryl methyl sites for hydroxylation is 3. The number of hydrogen-bond acceptors (Lipinski definition) is 4. The van der Waals surface area contributed by atoms with E-state index < -0.39 is 11.7 Å². The Labute approximate surface area is 147 Å². The highest BCUT2D eigenvalue weighted by molar-refractivity contribution is 5.51. The van der Waals surface area contributed by atoms with Gasteiger partial charge in [0, 0.05) is 12.6 Å². The van der Waals surface area contributed by atoms with Gasteiger partial charge in [0.25, 0.3) is 5.56 Å². The van der Waals surface area contributed by atoms with Gasteiger partial charge in [-0.2, -0.15) is 13.2 Å². The van der Waals surface area contributed by atoms with Crippen molar-refractivity contribution in [3.8, 4) is 11.4 Å². The maximum absolute atomic E-state index is 12.0. The molecule has 3 aromatic rings. The fraction of sp³-hybridized carbons (Fsp3) is 0.294. The first-order chi connectivity index (χ1) is 12.2. The molecule has 26 heavy (non-hydrogen) atoms. The van der Waals surface area contributed by atoms with Crippen molar-refractivity contribution in [3.63, 3.8) is 0 Å². The van der Waals surface area contributed by atoms with Crippen LogP contribution < -0.4 is 5.56 Å². The molecule has 3 rings (SSSR count). The largest absolute Gasteiger partial charge is 0.416 e. The van der Waals surface area contributed by atoms with Gasteiger partial charge < -0.3 is 4.98 Å². The van der Waals surface area contributed by atoms with E-state index in [1.165, 1.54) is 12.1 Å². The van der Waals surface area contributed by atoms with Crippen LogP contribution in [0.4, 0.5) is 13.2 Å². The molecule has 0 aliphatic rings. The zero-order valence-electron chi connectivity index (χ0n) is 14.5. The second-order valence-electron chi connectivity index (χ2n) is 5.54. The van der Waals surface area contributed by atoms with Gasteiger partial charge in [-0.15, -0.1) is 5.10 Å². The Bertz CT molecular complexity index is 930. The average molecular weight is 365 g/mol. The third-order valence-electron chi connectivity index (χ3n) is 3.33. The van der Waals surface area contributed by atoms with Gasteiger partial charge in [0.05, 0.1) is 17.5 Å². The molecule has 9 heteroatoms. The molecular weight excluding hydrogens is 347 g/mol. The van der Waals surface area contributed by atoms with Crippen LogP contribution >= 0.6 is 0 Å². The lowest BCUT2D eigenvalue weighted by Crippen LogP contribution is -2.08. The highest BCUT2D eigenvalue weighted by Gasteiger charge is 2.29. The minimum Gasteiger partial charge on any atom is -0.311 e. The highest BCUT2D eigenvalue weighted by Crippen LogP contribution is 2.29. The molecule has 138 valence electrons. The van der Waals surface area contributed by atoms with Crippen molar-refractivity contribution in [2.75, 3.05) is 0 Å². The summed E-state index contributed by atoms with van der Waals surface area (Å²) in [5.41, 5.74) is 1.03. The summed E-state index contributed by atoms with van der Waals surface area (Å²) in [5, 5.41) is 7.82. The molecular formula is C17H18F3N5O. The topological polar surface area (TPSA) is 76.5 Å². The van der Waals surface area contributed by atoms with Crippen LogP contribution in [0.15, 0.2) is 41.3 Å². The van der Waals surface area contributed by atoms with Crippen molar-refractivity contribution in [1.29, 1.82) is 0 Å². The van der Waals surface area contributed by atoms with E-state index in [1.807, 2.05) is 6.92 Å². The number of nitrogens with zero attached hydrogens (tertiary/aromatic N) is 4. The van der Waals surface area contributed by atoms with E-state index in [1.54, 1.807) is 30.8 Å². The van der Waals surface area contributed by atoms with Crippen molar-refractivity contribution in [3.05, 3.63) is 63.8 Å². The standard InChI is InChI=1S/C9H11N5O.C8H7F3/c1-3-14-5-8(12-13-14)7-4-9(15)11-6(2)10-7;1-6-3-2-4-7(5-6)8(9,10)11/h4-5H,3H2,1-2H3,(H,10,11,15);2-5H,1H3. The second kappa shape index (κ2) is 7.94. The SMILES string of the molecule is CCn1cc(-c2cc(=O)[nH]c(C)n2)nn1.Cc1cccc(C(F)(F)F)c1. The average Bonchev–Trinajstić information content (AvgIpc) is 3.03. The zero-order valence-corrected chi connectivity index (χ0v) is 14.5. The maximum Gasteiger partial charge on any atom is 0.416 e. The fourth-order valence-electron chi connectivity index (χ4n) is 2.10. The Balaban J connectivity index is 0.000000197. The summed E-state index contributed by atoms with van der Waals surface area (Å²) in [6.07, 6.45) is -2.45. The minimum atomic E-state index is -4.22. The third kappa shape index (κ3) is 5.27. The van der Waals surface area contributed by atoms with Crippen molar-refractivity contribution in [2.45, 2.75) is 33.5 Å². The van der Waals surface area contributed by atoms with E-state index in [4.69, 9.17) is 0 Å². The van der Waals surface area contributed by atoms with E-state index in [0.717, 1.165) is 18.7 Å². The number of halogens is 3. The van der Waals surface area contributed by atoms with Crippen LogP contribution in [0.2, 0.25) is 0 Å². The first-order valence-corrected chi connectivity index (χ1v) is 7.81. The Kier molecular flexibility index (Phi) is 5.91. The number of aromatic amines is 1. The molecule has 2 heterocycles. The van der Waals surface area contributed by atoms with Crippen LogP contribution in [0, 0.1) is 13.8 Å². The van der Waals surface area contributed by atoms with Crippen LogP contribution in [-0.2, 0) is 12.7 Å². The first kappa shape index (κ1) is 19.4. The highest BCUT2D eigenvalue weighted by atomic mass is 19.4. The van der Waals surface area contributed by atoms with Crippen LogP contribution in [0.5, 0.6) is 0 Å². The van der Waals surface area contributed by atoms with E-state index >= 15 is 0 Å². The molecule has 0 spiro atoms. The Morgan fingerprint density at radius 1 is 1.15 bits per heavy atom. The molecule has 1 N–H and O–H groups in total. The summed E-state index contributed by atoms with van der Waals surface area (Å²) >= 11 is 0. The molecule has 6 nitrogen and oxygen atoms in total. The predicted octanol–water partition coefficient (Wildman–Crippen LogP) is 3.37. The molecule has 0 fully saturated rings. The lowest BCUT2D eigenvalue weighted by atomic mass is 10.1. The van der Waals surface area contributed by atoms with Crippen LogP contribution in [-0.4, -0.2) is 25.0 Å². The molecule has 2 aromatic heterocycles. The van der Waals surface area contributed by atoms with Crippen molar-refractivity contribution < 1.29 is 13.2 Å². The van der Waals surface area contributed by atoms with Gasteiger partial charge in [0.15, 0.2) is 0 Å². The van der Waals surface area contributed by atoms with Crippen LogP contribution in [0.3, 0.4) is 0 Å². The number of rotatable bonds is 2. The monoisotopic (exact) mass is 365 g/mol. The molecule has 0 saturated heterocycles. The molecule has 0 atom stereocenters. The third-order valence-corrected chi connectivity index (χ3v) is 3.33. The minimum absolute atomic E-state index is 0.177. The Hall–Kier alpha value is -2.97. The summed E-state index contributed by atoms with van der Waals surface area (Å²) < 4.78 is 37.6. The summed E-state index contributed by atoms with van der Waals surface area (Å²) in [7, 11) is 0. The number of benzene rings is 1. The van der Waals surface area contributed by atoms with Gasteiger partial charge in [-0.3, -0.25) is 9.48 Å². The van der Waals surface area contributed by atoms with Gasteiger partial charge in [-0.25, -0.2) is 4.98 Å². The summed E-state index contributed by atoms with van der Waals surface area (Å²) in [6, 6.07) is 6.64. The van der Waals surface area contributed by atoms with E-state index in [9.17, 15) is 18.0 Å².